The van der Waals surface area contributed by atoms with Crippen molar-refractivity contribution in [2.24, 2.45) is 5.92 Å². The van der Waals surface area contributed by atoms with E-state index in [9.17, 15) is 19.5 Å². The second-order valence-corrected chi connectivity index (χ2v) is 6.98. The monoisotopic (exact) mass is 434 g/mol. The molecule has 1 aromatic carbocycles. The highest BCUT2D eigenvalue weighted by molar-refractivity contribution is 9.10. The molecule has 0 unspecified atom stereocenters. The van der Waals surface area contributed by atoms with Gasteiger partial charge < -0.3 is 20.2 Å². The normalized spacial score (nSPS) is 12.5. The highest BCUT2D eigenvalue weighted by atomic mass is 79.9. The van der Waals surface area contributed by atoms with Crippen molar-refractivity contribution in [3.8, 4) is 0 Å². The average Bonchev–Trinajstić information content (AvgIpc) is 3.11. The van der Waals surface area contributed by atoms with Gasteiger partial charge in [-0.15, -0.1) is 0 Å². The van der Waals surface area contributed by atoms with Crippen molar-refractivity contribution in [1.82, 2.24) is 10.6 Å². The molecular formula is C19H19BrN2O5. The maximum atomic E-state index is 12.6. The molecule has 1 atom stereocenters. The van der Waals surface area contributed by atoms with E-state index in [0.717, 1.165) is 4.47 Å². The summed E-state index contributed by atoms with van der Waals surface area (Å²) in [7, 11) is 0. The Morgan fingerprint density at radius 3 is 2.33 bits per heavy atom. The van der Waals surface area contributed by atoms with Crippen LogP contribution >= 0.6 is 15.9 Å². The Kier molecular flexibility index (Phi) is 6.95. The molecule has 0 aliphatic rings. The molecule has 0 bridgehead atoms. The first-order valence-electron chi connectivity index (χ1n) is 8.13. The fraction of sp³-hybridized carbons (Fsp3) is 0.211. The molecule has 0 aliphatic carbocycles. The average molecular weight is 435 g/mol. The number of carbonyl (C=O) groups is 3. The number of carboxylic acid groups (broad SMARTS) is 1. The van der Waals surface area contributed by atoms with Crippen molar-refractivity contribution >= 4 is 39.8 Å². The van der Waals surface area contributed by atoms with Crippen molar-refractivity contribution < 1.29 is 23.9 Å². The van der Waals surface area contributed by atoms with Crippen LogP contribution in [-0.2, 0) is 9.59 Å². The van der Waals surface area contributed by atoms with Gasteiger partial charge in [-0.25, -0.2) is 4.79 Å². The van der Waals surface area contributed by atoms with E-state index in [2.05, 4.69) is 26.6 Å². The van der Waals surface area contributed by atoms with Crippen LogP contribution in [0.3, 0.4) is 0 Å². The van der Waals surface area contributed by atoms with Crippen LogP contribution in [0.5, 0.6) is 0 Å². The van der Waals surface area contributed by atoms with Gasteiger partial charge in [0.2, 0.25) is 0 Å². The molecule has 0 saturated heterocycles. The molecule has 2 amide bonds. The number of carboxylic acids is 1. The summed E-state index contributed by atoms with van der Waals surface area (Å²) in [6, 6.07) is 8.73. The van der Waals surface area contributed by atoms with Crippen molar-refractivity contribution in [3.63, 3.8) is 0 Å². The lowest BCUT2D eigenvalue weighted by Crippen LogP contribution is -2.47. The lowest BCUT2D eigenvalue weighted by molar-refractivity contribution is -0.142. The molecule has 2 aromatic rings. The Labute approximate surface area is 164 Å². The first-order chi connectivity index (χ1) is 12.8. The zero-order valence-electron chi connectivity index (χ0n) is 14.7. The number of hydrogen-bond donors (Lipinski definition) is 3. The summed E-state index contributed by atoms with van der Waals surface area (Å²) in [5, 5.41) is 14.2. The number of hydrogen-bond acceptors (Lipinski definition) is 4. The van der Waals surface area contributed by atoms with E-state index in [-0.39, 0.29) is 11.6 Å². The van der Waals surface area contributed by atoms with Crippen LogP contribution < -0.4 is 10.6 Å². The first-order valence-corrected chi connectivity index (χ1v) is 8.93. The maximum absolute atomic E-state index is 12.6. The summed E-state index contributed by atoms with van der Waals surface area (Å²) >= 11 is 3.29. The molecule has 27 heavy (non-hydrogen) atoms. The van der Waals surface area contributed by atoms with Gasteiger partial charge >= 0.3 is 5.97 Å². The molecule has 8 heteroatoms. The predicted molar refractivity (Wildman–Crippen MR) is 103 cm³/mol. The van der Waals surface area contributed by atoms with E-state index >= 15 is 0 Å². The minimum atomic E-state index is -1.16. The number of halogens is 1. The summed E-state index contributed by atoms with van der Waals surface area (Å²) in [6.45, 7) is 3.35. The number of benzene rings is 1. The summed E-state index contributed by atoms with van der Waals surface area (Å²) < 4.78 is 6.00. The number of rotatable bonds is 7. The van der Waals surface area contributed by atoms with Crippen LogP contribution in [0, 0.1) is 5.92 Å². The van der Waals surface area contributed by atoms with Gasteiger partial charge in [0.25, 0.3) is 11.8 Å². The van der Waals surface area contributed by atoms with Crippen LogP contribution in [0.2, 0.25) is 0 Å². The van der Waals surface area contributed by atoms with Gasteiger partial charge in [0.05, 0.1) is 6.26 Å². The molecule has 0 radical (unpaired) electrons. The second kappa shape index (κ2) is 9.18. The van der Waals surface area contributed by atoms with Crippen molar-refractivity contribution in [2.45, 2.75) is 19.9 Å². The van der Waals surface area contributed by atoms with E-state index in [0.29, 0.717) is 11.3 Å². The summed E-state index contributed by atoms with van der Waals surface area (Å²) in [5.41, 5.74) is 0.222. The predicted octanol–water partition coefficient (Wildman–Crippen LogP) is 3.04. The summed E-state index contributed by atoms with van der Waals surface area (Å²) in [4.78, 5) is 36.4. The van der Waals surface area contributed by atoms with Gasteiger partial charge in [-0.3, -0.25) is 9.59 Å². The van der Waals surface area contributed by atoms with Crippen molar-refractivity contribution in [2.75, 3.05) is 0 Å². The lowest BCUT2D eigenvalue weighted by atomic mass is 10.0. The molecule has 1 aromatic heterocycles. The van der Waals surface area contributed by atoms with Crippen molar-refractivity contribution in [1.29, 1.82) is 0 Å². The third-order valence-electron chi connectivity index (χ3n) is 3.65. The van der Waals surface area contributed by atoms with Gasteiger partial charge in [0.1, 0.15) is 17.5 Å². The van der Waals surface area contributed by atoms with Crippen LogP contribution in [0.25, 0.3) is 6.08 Å². The third-order valence-corrected chi connectivity index (χ3v) is 4.18. The topological polar surface area (TPSA) is 109 Å². The van der Waals surface area contributed by atoms with E-state index in [1.54, 1.807) is 50.2 Å². The maximum Gasteiger partial charge on any atom is 0.326 e. The molecule has 3 N–H and O–H groups in total. The fourth-order valence-electron chi connectivity index (χ4n) is 2.20. The van der Waals surface area contributed by atoms with Gasteiger partial charge in [-0.1, -0.05) is 29.8 Å². The van der Waals surface area contributed by atoms with Crippen LogP contribution in [0.15, 0.2) is 57.2 Å². The molecule has 7 nitrogen and oxygen atoms in total. The standard InChI is InChI=1S/C19H19BrN2O5/c1-11(2)16(19(25)26)22-18(24)15(10-14-4-3-9-27-14)21-17(23)12-5-7-13(20)8-6-12/h3-11,16H,1-2H3,(H,21,23)(H,22,24)(H,25,26)/b15-10+/t16-/m1/s1. The second-order valence-electron chi connectivity index (χ2n) is 6.07. The third kappa shape index (κ3) is 5.82. The molecular weight excluding hydrogens is 416 g/mol. The Morgan fingerprint density at radius 1 is 1.15 bits per heavy atom. The van der Waals surface area contributed by atoms with Gasteiger partial charge in [0.15, 0.2) is 0 Å². The van der Waals surface area contributed by atoms with E-state index in [1.165, 1.54) is 12.3 Å². The van der Waals surface area contributed by atoms with E-state index in [4.69, 9.17) is 4.42 Å². The highest BCUT2D eigenvalue weighted by Crippen LogP contribution is 2.12. The largest absolute Gasteiger partial charge is 0.480 e. The smallest absolute Gasteiger partial charge is 0.326 e. The lowest BCUT2D eigenvalue weighted by Gasteiger charge is -2.19. The number of carbonyl (C=O) groups excluding carboxylic acids is 2. The zero-order valence-corrected chi connectivity index (χ0v) is 16.3. The van der Waals surface area contributed by atoms with E-state index in [1.807, 2.05) is 0 Å². The van der Waals surface area contributed by atoms with Gasteiger partial charge in [-0.2, -0.15) is 0 Å². The number of amides is 2. The van der Waals surface area contributed by atoms with Crippen LogP contribution in [-0.4, -0.2) is 28.9 Å². The number of furan rings is 1. The summed E-state index contributed by atoms with van der Waals surface area (Å²) in [5.74, 6) is -2.38. The number of aliphatic carboxylic acids is 1. The first kappa shape index (κ1) is 20.4. The fourth-order valence-corrected chi connectivity index (χ4v) is 2.47. The van der Waals surface area contributed by atoms with E-state index < -0.39 is 23.8 Å². The Balaban J connectivity index is 2.26. The Morgan fingerprint density at radius 2 is 1.81 bits per heavy atom. The molecule has 0 spiro atoms. The highest BCUT2D eigenvalue weighted by Gasteiger charge is 2.26. The molecule has 0 saturated carbocycles. The quantitative estimate of drug-likeness (QED) is 0.580. The SMILES string of the molecule is CC(C)[C@@H](NC(=O)/C(=C\c1ccco1)NC(=O)c1ccc(Br)cc1)C(=O)O. The zero-order chi connectivity index (χ0) is 20.0. The minimum absolute atomic E-state index is 0.121. The van der Waals surface area contributed by atoms with Crippen LogP contribution in [0.4, 0.5) is 0 Å². The molecule has 1 heterocycles. The Bertz CT molecular complexity index is 841. The molecule has 142 valence electrons. The molecule has 0 fully saturated rings. The molecule has 0 aliphatic heterocycles. The minimum Gasteiger partial charge on any atom is -0.480 e. The Hall–Kier alpha value is -2.87. The van der Waals surface area contributed by atoms with Gasteiger partial charge in [-0.05, 0) is 42.3 Å². The van der Waals surface area contributed by atoms with Crippen molar-refractivity contribution in [3.05, 3.63) is 64.2 Å². The number of nitrogens with one attached hydrogen (secondary N) is 2. The molecule has 2 rings (SSSR count). The summed E-state index contributed by atoms with van der Waals surface area (Å²) in [6.07, 6.45) is 2.76. The van der Waals surface area contributed by atoms with Crippen LogP contribution in [0.1, 0.15) is 30.0 Å². The van der Waals surface area contributed by atoms with Gasteiger partial charge in [0, 0.05) is 16.1 Å².